The molecule has 7 nitrogen and oxygen atoms in total. The number of aryl methyl sites for hydroxylation is 2. The van der Waals surface area contributed by atoms with Crippen molar-refractivity contribution in [3.05, 3.63) is 64.4 Å². The highest BCUT2D eigenvalue weighted by atomic mass is 32.1. The molecule has 2 amide bonds. The van der Waals surface area contributed by atoms with E-state index in [9.17, 15) is 22.8 Å². The number of nitrogens with two attached hydrogens (primary N) is 1. The van der Waals surface area contributed by atoms with E-state index in [1.54, 1.807) is 28.9 Å². The summed E-state index contributed by atoms with van der Waals surface area (Å²) < 4.78 is 42.3. The number of pyridine rings is 1. The number of anilines is 1. The number of rotatable bonds is 5. The average Bonchev–Trinajstić information content (AvgIpc) is 3.38. The number of primary amides is 1. The predicted octanol–water partition coefficient (Wildman–Crippen LogP) is 4.86. The van der Waals surface area contributed by atoms with Crippen LogP contribution in [0.1, 0.15) is 38.2 Å². The number of benzene rings is 1. The van der Waals surface area contributed by atoms with Crippen molar-refractivity contribution in [1.82, 2.24) is 14.8 Å². The highest BCUT2D eigenvalue weighted by Gasteiger charge is 2.35. The third kappa shape index (κ3) is 4.31. The van der Waals surface area contributed by atoms with E-state index in [-0.39, 0.29) is 31.9 Å². The molecule has 0 radical (unpaired) electrons. The number of hydrogen-bond acceptors (Lipinski definition) is 5. The summed E-state index contributed by atoms with van der Waals surface area (Å²) in [5.74, 6) is -1.47. The molecule has 33 heavy (non-hydrogen) atoms. The molecule has 4 rings (SSSR count). The Morgan fingerprint density at radius 2 is 1.91 bits per heavy atom. The Morgan fingerprint density at radius 1 is 1.21 bits per heavy atom. The minimum Gasteiger partial charge on any atom is -0.365 e. The fourth-order valence-electron chi connectivity index (χ4n) is 3.34. The Kier molecular flexibility index (Phi) is 5.66. The van der Waals surface area contributed by atoms with Gasteiger partial charge in [0.05, 0.1) is 17.4 Å². The van der Waals surface area contributed by atoms with E-state index in [0.717, 1.165) is 11.6 Å². The van der Waals surface area contributed by atoms with Crippen molar-refractivity contribution >= 4 is 39.1 Å². The molecule has 0 fully saturated rings. The first-order valence-electron chi connectivity index (χ1n) is 9.84. The number of amides is 2. The van der Waals surface area contributed by atoms with E-state index in [2.05, 4.69) is 15.4 Å². The zero-order valence-corrected chi connectivity index (χ0v) is 18.3. The number of nitrogens with one attached hydrogen (secondary N) is 1. The number of aromatic nitrogens is 3. The summed E-state index contributed by atoms with van der Waals surface area (Å²) in [6, 6.07) is 7.77. The molecule has 0 bridgehead atoms. The maximum atomic E-state index is 13.6. The molecule has 11 heteroatoms. The molecule has 0 saturated heterocycles. The van der Waals surface area contributed by atoms with E-state index >= 15 is 0 Å². The summed E-state index contributed by atoms with van der Waals surface area (Å²) in [6.07, 6.45) is -1.82. The molecule has 0 atom stereocenters. The van der Waals surface area contributed by atoms with Crippen LogP contribution in [0.3, 0.4) is 0 Å². The van der Waals surface area contributed by atoms with Crippen LogP contribution in [0.25, 0.3) is 21.3 Å². The van der Waals surface area contributed by atoms with Crippen LogP contribution in [-0.2, 0) is 12.7 Å². The highest BCUT2D eigenvalue weighted by molar-refractivity contribution is 7.21. The normalized spacial score (nSPS) is 11.7. The number of thiophene rings is 1. The third-order valence-corrected chi connectivity index (χ3v) is 6.10. The molecule has 0 spiro atoms. The predicted molar refractivity (Wildman–Crippen MR) is 119 cm³/mol. The number of fused-ring (bicyclic) bond motifs is 1. The lowest BCUT2D eigenvalue weighted by Crippen LogP contribution is -2.16. The van der Waals surface area contributed by atoms with E-state index in [1.165, 1.54) is 12.4 Å². The van der Waals surface area contributed by atoms with Gasteiger partial charge in [-0.05, 0) is 31.0 Å². The molecule has 170 valence electrons. The van der Waals surface area contributed by atoms with Gasteiger partial charge in [-0.15, -0.1) is 11.3 Å². The molecule has 0 aliphatic rings. The number of carbonyl (C=O) groups is 2. The van der Waals surface area contributed by atoms with Gasteiger partial charge in [0.15, 0.2) is 0 Å². The summed E-state index contributed by atoms with van der Waals surface area (Å²) in [5.41, 5.74) is 6.22. The molecular formula is C22H18F3N5O2S. The zero-order chi connectivity index (χ0) is 23.9. The summed E-state index contributed by atoms with van der Waals surface area (Å²) in [6.45, 7) is 4.25. The van der Waals surface area contributed by atoms with E-state index in [0.29, 0.717) is 23.4 Å². The van der Waals surface area contributed by atoms with Crippen LogP contribution in [0.15, 0.2) is 42.7 Å². The van der Waals surface area contributed by atoms with Crippen LogP contribution in [0.4, 0.5) is 18.9 Å². The van der Waals surface area contributed by atoms with Crippen LogP contribution >= 0.6 is 11.3 Å². The minimum absolute atomic E-state index is 0.0218. The van der Waals surface area contributed by atoms with E-state index in [1.807, 2.05) is 13.8 Å². The van der Waals surface area contributed by atoms with Gasteiger partial charge < -0.3 is 11.1 Å². The SMILES string of the molecule is CCn1cc(C(=O)Nc2c(C(N)=O)sc3nc(C(F)(F)F)cc(-c4ccc(C)cc4)c23)cn1. The lowest BCUT2D eigenvalue weighted by molar-refractivity contribution is -0.140. The maximum absolute atomic E-state index is 13.6. The minimum atomic E-state index is -4.71. The van der Waals surface area contributed by atoms with Crippen molar-refractivity contribution in [2.45, 2.75) is 26.6 Å². The van der Waals surface area contributed by atoms with E-state index < -0.39 is 23.7 Å². The molecule has 0 aliphatic heterocycles. The first-order valence-corrected chi connectivity index (χ1v) is 10.7. The van der Waals surface area contributed by atoms with Crippen molar-refractivity contribution in [3.8, 4) is 11.1 Å². The molecule has 0 saturated carbocycles. The molecule has 3 heterocycles. The first-order chi connectivity index (χ1) is 15.6. The van der Waals surface area contributed by atoms with Crippen LogP contribution in [0, 0.1) is 6.92 Å². The van der Waals surface area contributed by atoms with Crippen LogP contribution in [-0.4, -0.2) is 26.6 Å². The van der Waals surface area contributed by atoms with Gasteiger partial charge in [-0.3, -0.25) is 14.3 Å². The van der Waals surface area contributed by atoms with Gasteiger partial charge in [0, 0.05) is 18.1 Å². The van der Waals surface area contributed by atoms with Gasteiger partial charge in [0.2, 0.25) is 0 Å². The topological polar surface area (TPSA) is 103 Å². The van der Waals surface area contributed by atoms with Gasteiger partial charge in [-0.1, -0.05) is 29.8 Å². The van der Waals surface area contributed by atoms with Crippen molar-refractivity contribution in [2.24, 2.45) is 5.73 Å². The number of alkyl halides is 3. The average molecular weight is 473 g/mol. The largest absolute Gasteiger partial charge is 0.433 e. The molecular weight excluding hydrogens is 455 g/mol. The van der Waals surface area contributed by atoms with Crippen LogP contribution in [0.2, 0.25) is 0 Å². The molecule has 3 N–H and O–H groups in total. The highest BCUT2D eigenvalue weighted by Crippen LogP contribution is 2.43. The monoisotopic (exact) mass is 473 g/mol. The van der Waals surface area contributed by atoms with Gasteiger partial charge in [0.25, 0.3) is 11.8 Å². The van der Waals surface area contributed by atoms with E-state index in [4.69, 9.17) is 5.73 Å². The summed E-state index contributed by atoms with van der Waals surface area (Å²) in [4.78, 5) is 28.6. The Bertz CT molecular complexity index is 1370. The van der Waals surface area contributed by atoms with Crippen molar-refractivity contribution in [2.75, 3.05) is 5.32 Å². The lowest BCUT2D eigenvalue weighted by atomic mass is 10.00. The van der Waals surface area contributed by atoms with Crippen molar-refractivity contribution in [3.63, 3.8) is 0 Å². The second kappa shape index (κ2) is 8.32. The van der Waals surface area contributed by atoms with Gasteiger partial charge in [0.1, 0.15) is 15.4 Å². The van der Waals surface area contributed by atoms with Crippen molar-refractivity contribution in [1.29, 1.82) is 0 Å². The third-order valence-electron chi connectivity index (χ3n) is 5.00. The second-order valence-electron chi connectivity index (χ2n) is 7.31. The Hall–Kier alpha value is -3.73. The zero-order valence-electron chi connectivity index (χ0n) is 17.5. The van der Waals surface area contributed by atoms with Gasteiger partial charge in [-0.25, -0.2) is 4.98 Å². The summed E-state index contributed by atoms with van der Waals surface area (Å²) in [7, 11) is 0. The Balaban J connectivity index is 1.96. The number of nitrogens with zero attached hydrogens (tertiary/aromatic N) is 3. The van der Waals surface area contributed by atoms with Crippen LogP contribution < -0.4 is 11.1 Å². The Morgan fingerprint density at radius 3 is 2.48 bits per heavy atom. The molecule has 0 unspecified atom stereocenters. The van der Waals surface area contributed by atoms with Gasteiger partial charge in [-0.2, -0.15) is 18.3 Å². The number of hydrogen-bond donors (Lipinski definition) is 2. The number of halogens is 3. The molecule has 4 aromatic rings. The molecule has 0 aliphatic carbocycles. The fraction of sp³-hybridized carbons (Fsp3) is 0.182. The quantitative estimate of drug-likeness (QED) is 0.432. The molecule has 3 aromatic heterocycles. The second-order valence-corrected chi connectivity index (χ2v) is 8.31. The smallest absolute Gasteiger partial charge is 0.365 e. The fourth-order valence-corrected chi connectivity index (χ4v) is 4.34. The van der Waals surface area contributed by atoms with Gasteiger partial charge >= 0.3 is 6.18 Å². The lowest BCUT2D eigenvalue weighted by Gasteiger charge is -2.12. The Labute approximate surface area is 190 Å². The standard InChI is InChI=1S/C22H18F3N5O2S/c1-3-30-10-13(9-27-30)20(32)29-17-16-14(12-6-4-11(2)5-7-12)8-15(22(23,24)25)28-21(16)33-18(17)19(26)31/h4-10H,3H2,1-2H3,(H2,26,31)(H,29,32). The number of carbonyl (C=O) groups excluding carboxylic acids is 2. The summed E-state index contributed by atoms with van der Waals surface area (Å²) >= 11 is 0.700. The molecule has 1 aromatic carbocycles. The summed E-state index contributed by atoms with van der Waals surface area (Å²) in [5, 5.41) is 6.90. The van der Waals surface area contributed by atoms with Crippen molar-refractivity contribution < 1.29 is 22.8 Å². The maximum Gasteiger partial charge on any atom is 0.433 e. The van der Waals surface area contributed by atoms with Crippen LogP contribution in [0.5, 0.6) is 0 Å². The first kappa shape index (κ1) is 22.5.